The molecule has 0 bridgehead atoms. The molecule has 0 spiro atoms. The van der Waals surface area contributed by atoms with Crippen molar-refractivity contribution in [2.24, 2.45) is 5.92 Å². The first-order valence-electron chi connectivity index (χ1n) is 10.0. The molecular formula is C24H29N3O3. The molecule has 6 nitrogen and oxygen atoms in total. The number of aromatic nitrogens is 2. The van der Waals surface area contributed by atoms with Crippen molar-refractivity contribution >= 4 is 11.5 Å². The van der Waals surface area contributed by atoms with E-state index in [0.717, 1.165) is 17.5 Å². The fourth-order valence-corrected chi connectivity index (χ4v) is 3.52. The lowest BCUT2D eigenvalue weighted by molar-refractivity contribution is 0.0962. The highest BCUT2D eigenvalue weighted by Crippen LogP contribution is 2.35. The molecule has 0 aliphatic rings. The number of H-pyrrole nitrogens is 1. The molecule has 0 aliphatic heterocycles. The molecule has 0 radical (unpaired) electrons. The summed E-state index contributed by atoms with van der Waals surface area (Å²) in [6.45, 7) is 6.27. The van der Waals surface area contributed by atoms with E-state index in [0.29, 0.717) is 34.5 Å². The zero-order chi connectivity index (χ0) is 21.8. The van der Waals surface area contributed by atoms with Gasteiger partial charge in [-0.3, -0.25) is 9.89 Å². The molecule has 6 heteroatoms. The van der Waals surface area contributed by atoms with Gasteiger partial charge in [0.15, 0.2) is 17.3 Å². The highest BCUT2D eigenvalue weighted by atomic mass is 16.5. The number of nitrogens with zero attached hydrogens (tertiary/aromatic N) is 1. The number of carbonyl (C=O) groups excluding carboxylic acids is 1. The maximum absolute atomic E-state index is 13.1. The Morgan fingerprint density at radius 3 is 2.30 bits per heavy atom. The van der Waals surface area contributed by atoms with Gasteiger partial charge in [0, 0.05) is 11.5 Å². The second-order valence-electron chi connectivity index (χ2n) is 7.86. The minimum absolute atomic E-state index is 0.0941. The summed E-state index contributed by atoms with van der Waals surface area (Å²) in [4.78, 5) is 13.1. The summed E-state index contributed by atoms with van der Waals surface area (Å²) < 4.78 is 10.6. The van der Waals surface area contributed by atoms with Crippen LogP contribution in [-0.2, 0) is 6.42 Å². The minimum Gasteiger partial charge on any atom is -0.493 e. The van der Waals surface area contributed by atoms with Crippen LogP contribution in [0.3, 0.4) is 0 Å². The summed E-state index contributed by atoms with van der Waals surface area (Å²) in [7, 11) is 3.15. The third-order valence-electron chi connectivity index (χ3n) is 5.22. The first-order chi connectivity index (χ1) is 14.3. The van der Waals surface area contributed by atoms with Crippen LogP contribution in [0, 0.1) is 5.92 Å². The number of hydrogen-bond acceptors (Lipinski definition) is 5. The number of nitrogens with two attached hydrogens (primary N) is 1. The largest absolute Gasteiger partial charge is 0.493 e. The van der Waals surface area contributed by atoms with E-state index in [1.807, 2.05) is 25.1 Å². The summed E-state index contributed by atoms with van der Waals surface area (Å²) in [5.74, 6) is 1.35. The van der Waals surface area contributed by atoms with Crippen LogP contribution in [0.15, 0.2) is 42.5 Å². The van der Waals surface area contributed by atoms with Crippen LogP contribution in [0.2, 0.25) is 0 Å². The van der Waals surface area contributed by atoms with Gasteiger partial charge in [0.1, 0.15) is 11.4 Å². The monoisotopic (exact) mass is 407 g/mol. The van der Waals surface area contributed by atoms with Crippen molar-refractivity contribution in [3.63, 3.8) is 0 Å². The van der Waals surface area contributed by atoms with Crippen molar-refractivity contribution in [2.45, 2.75) is 33.1 Å². The molecule has 3 rings (SSSR count). The molecule has 2 aromatic carbocycles. The molecule has 0 saturated carbocycles. The van der Waals surface area contributed by atoms with Gasteiger partial charge in [-0.25, -0.2) is 0 Å². The van der Waals surface area contributed by atoms with Crippen molar-refractivity contribution in [2.75, 3.05) is 20.0 Å². The standard InChI is InChI=1S/C24H29N3O3/c1-14(2)12-16-6-8-17(9-7-16)15(3)24(28)23-21(25)22(26-27-23)18-10-11-19(29-4)20(13-18)30-5/h6-11,13-15H,12,25H2,1-5H3,(H,26,27). The molecule has 0 amide bonds. The molecule has 0 fully saturated rings. The number of ketones is 1. The number of anilines is 1. The van der Waals surface area contributed by atoms with E-state index in [4.69, 9.17) is 15.2 Å². The topological polar surface area (TPSA) is 90.2 Å². The zero-order valence-electron chi connectivity index (χ0n) is 18.2. The van der Waals surface area contributed by atoms with Crippen LogP contribution in [0.25, 0.3) is 11.3 Å². The molecule has 3 N–H and O–H groups in total. The lowest BCUT2D eigenvalue weighted by Crippen LogP contribution is -2.12. The van der Waals surface area contributed by atoms with E-state index in [-0.39, 0.29) is 11.7 Å². The molecule has 1 atom stereocenters. The number of ether oxygens (including phenoxy) is 2. The van der Waals surface area contributed by atoms with E-state index in [1.165, 1.54) is 5.56 Å². The second-order valence-corrected chi connectivity index (χ2v) is 7.86. The number of carbonyl (C=O) groups is 1. The van der Waals surface area contributed by atoms with Crippen LogP contribution in [-0.4, -0.2) is 30.2 Å². The maximum Gasteiger partial charge on any atom is 0.189 e. The third-order valence-corrected chi connectivity index (χ3v) is 5.22. The van der Waals surface area contributed by atoms with E-state index in [2.05, 4.69) is 36.2 Å². The van der Waals surface area contributed by atoms with Crippen LogP contribution in [0.1, 0.15) is 48.3 Å². The predicted molar refractivity (Wildman–Crippen MR) is 119 cm³/mol. The molecule has 0 aliphatic carbocycles. The van der Waals surface area contributed by atoms with Crippen LogP contribution < -0.4 is 15.2 Å². The Morgan fingerprint density at radius 2 is 1.70 bits per heavy atom. The number of Topliss-reactive ketones (excluding diaryl/α,β-unsaturated/α-hetero) is 1. The van der Waals surface area contributed by atoms with Gasteiger partial charge in [-0.15, -0.1) is 0 Å². The number of methoxy groups -OCH3 is 2. The van der Waals surface area contributed by atoms with E-state index in [1.54, 1.807) is 26.4 Å². The van der Waals surface area contributed by atoms with Crippen molar-refractivity contribution in [3.8, 4) is 22.8 Å². The van der Waals surface area contributed by atoms with Gasteiger partial charge >= 0.3 is 0 Å². The summed E-state index contributed by atoms with van der Waals surface area (Å²) in [5.41, 5.74) is 10.4. The Morgan fingerprint density at radius 1 is 1.03 bits per heavy atom. The highest BCUT2D eigenvalue weighted by molar-refractivity contribution is 6.05. The molecule has 158 valence electrons. The molecule has 1 aromatic heterocycles. The SMILES string of the molecule is COc1ccc(-c2n[nH]c(C(=O)C(C)c3ccc(CC(C)C)cc3)c2N)cc1OC. The summed E-state index contributed by atoms with van der Waals surface area (Å²) >= 11 is 0. The van der Waals surface area contributed by atoms with Gasteiger partial charge in [-0.1, -0.05) is 45.0 Å². The lowest BCUT2D eigenvalue weighted by atomic mass is 9.92. The zero-order valence-corrected chi connectivity index (χ0v) is 18.2. The van der Waals surface area contributed by atoms with Gasteiger partial charge < -0.3 is 15.2 Å². The van der Waals surface area contributed by atoms with Gasteiger partial charge in [0.25, 0.3) is 0 Å². The van der Waals surface area contributed by atoms with E-state index in [9.17, 15) is 4.79 Å². The third kappa shape index (κ3) is 4.32. The van der Waals surface area contributed by atoms with Crippen molar-refractivity contribution in [1.29, 1.82) is 0 Å². The molecule has 3 aromatic rings. The second kappa shape index (κ2) is 9.03. The van der Waals surface area contributed by atoms with Crippen LogP contribution in [0.4, 0.5) is 5.69 Å². The smallest absolute Gasteiger partial charge is 0.189 e. The summed E-state index contributed by atoms with van der Waals surface area (Å²) in [6.07, 6.45) is 1.02. The molecule has 1 heterocycles. The average molecular weight is 408 g/mol. The number of nitrogen functional groups attached to an aromatic ring is 1. The number of aromatic amines is 1. The highest BCUT2D eigenvalue weighted by Gasteiger charge is 2.24. The molecular weight excluding hydrogens is 378 g/mol. The number of nitrogens with one attached hydrogen (secondary N) is 1. The maximum atomic E-state index is 13.1. The predicted octanol–water partition coefficient (Wildman–Crippen LogP) is 4.86. The first-order valence-corrected chi connectivity index (χ1v) is 10.0. The normalized spacial score (nSPS) is 12.1. The Labute approximate surface area is 177 Å². The number of benzene rings is 2. The van der Waals surface area contributed by atoms with Gasteiger partial charge in [-0.2, -0.15) is 5.10 Å². The fraction of sp³-hybridized carbons (Fsp3) is 0.333. The number of rotatable bonds is 8. The Balaban J connectivity index is 1.85. The van der Waals surface area contributed by atoms with Gasteiger partial charge in [0.2, 0.25) is 0 Å². The Kier molecular flexibility index (Phi) is 6.45. The van der Waals surface area contributed by atoms with Crippen molar-refractivity contribution in [1.82, 2.24) is 10.2 Å². The van der Waals surface area contributed by atoms with Crippen molar-refractivity contribution in [3.05, 3.63) is 59.3 Å². The quantitative estimate of drug-likeness (QED) is 0.520. The molecule has 0 saturated heterocycles. The van der Waals surface area contributed by atoms with Crippen LogP contribution in [0.5, 0.6) is 11.5 Å². The van der Waals surface area contributed by atoms with Crippen LogP contribution >= 0.6 is 0 Å². The number of hydrogen-bond donors (Lipinski definition) is 2. The van der Waals surface area contributed by atoms with Gasteiger partial charge in [0.05, 0.1) is 19.9 Å². The Bertz CT molecular complexity index is 1020. The Hall–Kier alpha value is -3.28. The lowest BCUT2D eigenvalue weighted by Gasteiger charge is -2.12. The van der Waals surface area contributed by atoms with E-state index >= 15 is 0 Å². The summed E-state index contributed by atoms with van der Waals surface area (Å²) in [5, 5.41) is 7.12. The average Bonchev–Trinajstić information content (AvgIpc) is 3.13. The fourth-order valence-electron chi connectivity index (χ4n) is 3.52. The summed E-state index contributed by atoms with van der Waals surface area (Å²) in [6, 6.07) is 13.6. The minimum atomic E-state index is -0.334. The molecule has 1 unspecified atom stereocenters. The molecule has 30 heavy (non-hydrogen) atoms. The van der Waals surface area contributed by atoms with E-state index < -0.39 is 0 Å². The van der Waals surface area contributed by atoms with Crippen molar-refractivity contribution < 1.29 is 14.3 Å². The first kappa shape index (κ1) is 21.4. The van der Waals surface area contributed by atoms with Gasteiger partial charge in [-0.05, 0) is 41.7 Å².